The molecule has 0 unspecified atom stereocenters. The predicted molar refractivity (Wildman–Crippen MR) is 54.6 cm³/mol. The van der Waals surface area contributed by atoms with Crippen LogP contribution in [0.5, 0.6) is 0 Å². The molecular weight excluding hydrogens is 218 g/mol. The van der Waals surface area contributed by atoms with Gasteiger partial charge in [-0.25, -0.2) is 0 Å². The van der Waals surface area contributed by atoms with Crippen molar-refractivity contribution in [2.45, 2.75) is 6.42 Å². The molecule has 0 radical (unpaired) electrons. The van der Waals surface area contributed by atoms with Crippen molar-refractivity contribution >= 4 is 11.6 Å². The molecular formula is C9H10ClN3O2. The maximum Gasteiger partial charge on any atom is 0.293 e. The lowest BCUT2D eigenvalue weighted by atomic mass is 10.4. The van der Waals surface area contributed by atoms with Crippen molar-refractivity contribution < 1.29 is 8.94 Å². The van der Waals surface area contributed by atoms with Crippen LogP contribution in [0.15, 0.2) is 21.1 Å². The quantitative estimate of drug-likeness (QED) is 0.862. The molecule has 6 heteroatoms. The van der Waals surface area contributed by atoms with Crippen LogP contribution < -0.4 is 5.32 Å². The lowest BCUT2D eigenvalue weighted by molar-refractivity contribution is 0.409. The maximum atomic E-state index is 5.63. The molecule has 0 spiro atoms. The number of furan rings is 1. The fraction of sp³-hybridized carbons (Fsp3) is 0.333. The molecule has 0 aliphatic heterocycles. The molecule has 5 nitrogen and oxygen atoms in total. The largest absolute Gasteiger partial charge is 0.440 e. The lowest BCUT2D eigenvalue weighted by Crippen LogP contribution is -2.10. The second-order valence-corrected chi connectivity index (χ2v) is 3.35. The summed E-state index contributed by atoms with van der Waals surface area (Å²) < 4.78 is 10.2. The van der Waals surface area contributed by atoms with Gasteiger partial charge in [-0.05, 0) is 30.8 Å². The van der Waals surface area contributed by atoms with Crippen LogP contribution in [0.25, 0.3) is 11.7 Å². The molecule has 2 rings (SSSR count). The van der Waals surface area contributed by atoms with E-state index >= 15 is 0 Å². The van der Waals surface area contributed by atoms with Gasteiger partial charge in [-0.2, -0.15) is 4.98 Å². The van der Waals surface area contributed by atoms with Crippen LogP contribution in [0, 0.1) is 0 Å². The number of hydrogen-bond acceptors (Lipinski definition) is 5. The van der Waals surface area contributed by atoms with Crippen LogP contribution in [0.4, 0.5) is 0 Å². The van der Waals surface area contributed by atoms with Crippen LogP contribution in [0.1, 0.15) is 5.82 Å². The standard InChI is InChI=1S/C9H10ClN3O2/c1-11-5-4-8-12-9(15-13-8)6-2-3-7(10)14-6/h2-3,11H,4-5H2,1H3. The molecule has 15 heavy (non-hydrogen) atoms. The highest BCUT2D eigenvalue weighted by atomic mass is 35.5. The Bertz CT molecular complexity index is 438. The van der Waals surface area contributed by atoms with E-state index in [0.29, 0.717) is 29.1 Å². The highest BCUT2D eigenvalue weighted by Gasteiger charge is 2.11. The number of hydrogen-bond donors (Lipinski definition) is 1. The molecule has 0 atom stereocenters. The van der Waals surface area contributed by atoms with Gasteiger partial charge in [0.25, 0.3) is 5.89 Å². The van der Waals surface area contributed by atoms with E-state index in [1.165, 1.54) is 0 Å². The van der Waals surface area contributed by atoms with Crippen molar-refractivity contribution in [3.8, 4) is 11.7 Å². The summed E-state index contributed by atoms with van der Waals surface area (Å²) in [5, 5.41) is 7.12. The smallest absolute Gasteiger partial charge is 0.293 e. The van der Waals surface area contributed by atoms with Gasteiger partial charge in [0.05, 0.1) is 0 Å². The van der Waals surface area contributed by atoms with Gasteiger partial charge < -0.3 is 14.3 Å². The summed E-state index contributed by atoms with van der Waals surface area (Å²) in [5.41, 5.74) is 0. The maximum absolute atomic E-state index is 5.63. The number of halogens is 1. The van der Waals surface area contributed by atoms with Gasteiger partial charge in [0.2, 0.25) is 0 Å². The number of nitrogens with zero attached hydrogens (tertiary/aromatic N) is 2. The summed E-state index contributed by atoms with van der Waals surface area (Å²) in [6, 6.07) is 3.33. The van der Waals surface area contributed by atoms with Crippen molar-refractivity contribution in [2.24, 2.45) is 0 Å². The highest BCUT2D eigenvalue weighted by molar-refractivity contribution is 6.28. The lowest BCUT2D eigenvalue weighted by Gasteiger charge is -1.90. The van der Waals surface area contributed by atoms with Crippen LogP contribution in [-0.2, 0) is 6.42 Å². The van der Waals surface area contributed by atoms with Crippen LogP contribution in [-0.4, -0.2) is 23.7 Å². The summed E-state index contributed by atoms with van der Waals surface area (Å²) in [7, 11) is 1.87. The molecule has 1 N–H and O–H groups in total. The fourth-order valence-corrected chi connectivity index (χ4v) is 1.27. The van der Waals surface area contributed by atoms with E-state index in [0.717, 1.165) is 6.54 Å². The Balaban J connectivity index is 2.13. The first-order valence-electron chi connectivity index (χ1n) is 4.52. The molecule has 0 fully saturated rings. The summed E-state index contributed by atoms with van der Waals surface area (Å²) in [4.78, 5) is 4.16. The molecule has 0 amide bonds. The van der Waals surface area contributed by atoms with E-state index in [1.54, 1.807) is 12.1 Å². The first-order valence-corrected chi connectivity index (χ1v) is 4.90. The van der Waals surface area contributed by atoms with E-state index in [9.17, 15) is 0 Å². The number of rotatable bonds is 4. The third kappa shape index (κ3) is 2.37. The summed E-state index contributed by atoms with van der Waals surface area (Å²) in [6.07, 6.45) is 0.717. The molecule has 2 aromatic rings. The Morgan fingerprint density at radius 2 is 2.33 bits per heavy atom. The predicted octanol–water partition coefficient (Wildman–Crippen LogP) is 1.74. The Hall–Kier alpha value is -1.33. The van der Waals surface area contributed by atoms with E-state index in [-0.39, 0.29) is 0 Å². The zero-order valence-electron chi connectivity index (χ0n) is 8.16. The fourth-order valence-electron chi connectivity index (χ4n) is 1.12. The minimum absolute atomic E-state index is 0.306. The number of nitrogens with one attached hydrogen (secondary N) is 1. The number of likely N-dealkylation sites (N-methyl/N-ethyl adjacent to an activating group) is 1. The zero-order valence-corrected chi connectivity index (χ0v) is 8.91. The van der Waals surface area contributed by atoms with Crippen molar-refractivity contribution in [2.75, 3.05) is 13.6 Å². The van der Waals surface area contributed by atoms with Gasteiger partial charge >= 0.3 is 0 Å². The monoisotopic (exact) mass is 227 g/mol. The van der Waals surface area contributed by atoms with E-state index < -0.39 is 0 Å². The van der Waals surface area contributed by atoms with Gasteiger partial charge in [-0.1, -0.05) is 5.16 Å². The molecule has 0 aliphatic carbocycles. The van der Waals surface area contributed by atoms with E-state index in [2.05, 4.69) is 15.5 Å². The molecule has 2 aromatic heterocycles. The normalized spacial score (nSPS) is 10.8. The third-order valence-electron chi connectivity index (χ3n) is 1.85. The SMILES string of the molecule is CNCCc1noc(-c2ccc(Cl)o2)n1. The molecule has 0 saturated carbocycles. The van der Waals surface area contributed by atoms with Crippen LogP contribution >= 0.6 is 11.6 Å². The molecule has 0 saturated heterocycles. The van der Waals surface area contributed by atoms with Gasteiger partial charge in [-0.15, -0.1) is 0 Å². The van der Waals surface area contributed by atoms with Gasteiger partial charge in [-0.3, -0.25) is 0 Å². The van der Waals surface area contributed by atoms with Crippen molar-refractivity contribution in [1.29, 1.82) is 0 Å². The second-order valence-electron chi connectivity index (χ2n) is 2.97. The third-order valence-corrected chi connectivity index (χ3v) is 2.05. The number of aromatic nitrogens is 2. The van der Waals surface area contributed by atoms with Crippen LogP contribution in [0.3, 0.4) is 0 Å². The molecule has 80 valence electrons. The molecule has 0 bridgehead atoms. The average Bonchev–Trinajstić information content (AvgIpc) is 2.83. The minimum Gasteiger partial charge on any atom is -0.440 e. The first-order chi connectivity index (χ1) is 7.29. The van der Waals surface area contributed by atoms with Gasteiger partial charge in [0.1, 0.15) is 0 Å². The molecule has 0 aromatic carbocycles. The minimum atomic E-state index is 0.306. The van der Waals surface area contributed by atoms with Gasteiger partial charge in [0.15, 0.2) is 16.8 Å². The Morgan fingerprint density at radius 1 is 1.47 bits per heavy atom. The molecule has 0 aliphatic rings. The Kier molecular flexibility index (Phi) is 3.03. The molecule has 2 heterocycles. The summed E-state index contributed by atoms with van der Waals surface area (Å²) in [5.74, 6) is 1.49. The average molecular weight is 228 g/mol. The summed E-state index contributed by atoms with van der Waals surface area (Å²) >= 11 is 5.63. The van der Waals surface area contributed by atoms with Gasteiger partial charge in [0, 0.05) is 13.0 Å². The first kappa shape index (κ1) is 10.2. The highest BCUT2D eigenvalue weighted by Crippen LogP contribution is 2.22. The Morgan fingerprint density at radius 3 is 3.00 bits per heavy atom. The van der Waals surface area contributed by atoms with Crippen molar-refractivity contribution in [3.63, 3.8) is 0 Å². The summed E-state index contributed by atoms with van der Waals surface area (Å²) in [6.45, 7) is 0.803. The van der Waals surface area contributed by atoms with E-state index in [1.807, 2.05) is 7.05 Å². The topological polar surface area (TPSA) is 64.1 Å². The van der Waals surface area contributed by atoms with Crippen molar-refractivity contribution in [1.82, 2.24) is 15.5 Å². The van der Waals surface area contributed by atoms with Crippen molar-refractivity contribution in [3.05, 3.63) is 23.2 Å². The zero-order chi connectivity index (χ0) is 10.7. The van der Waals surface area contributed by atoms with Crippen LogP contribution in [0.2, 0.25) is 5.22 Å². The van der Waals surface area contributed by atoms with E-state index in [4.69, 9.17) is 20.5 Å². The second kappa shape index (κ2) is 4.46. The Labute approximate surface area is 91.4 Å².